The molecule has 132 valence electrons. The molecule has 24 heavy (non-hydrogen) atoms. The molecule has 0 aromatic carbocycles. The molecule has 2 aliphatic carbocycles. The molecule has 3 nitrogen and oxygen atoms in total. The van der Waals surface area contributed by atoms with Gasteiger partial charge < -0.3 is 10.1 Å². The van der Waals surface area contributed by atoms with Gasteiger partial charge in [-0.05, 0) is 57.3 Å². The molecule has 1 N–H and O–H groups in total. The molecule has 0 amide bonds. The molecule has 2 heterocycles. The van der Waals surface area contributed by atoms with E-state index in [2.05, 4.69) is 37.4 Å². The number of cyclic esters (lactones) is 1. The third-order valence-electron chi connectivity index (χ3n) is 6.79. The fraction of sp³-hybridized carbons (Fsp3) is 0.762. The molecule has 4 aliphatic rings. The van der Waals surface area contributed by atoms with Crippen molar-refractivity contribution in [2.75, 3.05) is 0 Å². The number of nitrogens with one attached hydrogen (secondary N) is 1. The Kier molecular flexibility index (Phi) is 4.55. The third kappa shape index (κ3) is 2.96. The highest BCUT2D eigenvalue weighted by Crippen LogP contribution is 2.50. The molecule has 3 heteroatoms. The van der Waals surface area contributed by atoms with Gasteiger partial charge in [-0.1, -0.05) is 37.5 Å². The zero-order valence-corrected chi connectivity index (χ0v) is 15.0. The van der Waals surface area contributed by atoms with Gasteiger partial charge in [0.15, 0.2) is 0 Å². The summed E-state index contributed by atoms with van der Waals surface area (Å²) >= 11 is 0. The van der Waals surface area contributed by atoms with Gasteiger partial charge in [-0.2, -0.15) is 0 Å². The van der Waals surface area contributed by atoms with Gasteiger partial charge in [0, 0.05) is 23.6 Å². The van der Waals surface area contributed by atoms with Crippen molar-refractivity contribution >= 4 is 5.97 Å². The van der Waals surface area contributed by atoms with Crippen LogP contribution in [0, 0.1) is 23.7 Å². The van der Waals surface area contributed by atoms with E-state index in [-0.39, 0.29) is 18.0 Å². The number of carbonyl (C=O) groups is 1. The van der Waals surface area contributed by atoms with Crippen LogP contribution in [0.25, 0.3) is 0 Å². The van der Waals surface area contributed by atoms with E-state index in [1.165, 1.54) is 44.9 Å². The lowest BCUT2D eigenvalue weighted by Gasteiger charge is -2.42. The lowest BCUT2D eigenvalue weighted by Crippen LogP contribution is -2.40. The Bertz CT molecular complexity index is 552. The van der Waals surface area contributed by atoms with Crippen LogP contribution in [0.15, 0.2) is 23.8 Å². The lowest BCUT2D eigenvalue weighted by molar-refractivity contribution is -0.138. The first-order valence-corrected chi connectivity index (χ1v) is 10.0. The number of ether oxygens (including phenoxy) is 1. The molecule has 0 aromatic rings. The van der Waals surface area contributed by atoms with E-state index >= 15 is 0 Å². The number of esters is 1. The van der Waals surface area contributed by atoms with E-state index in [4.69, 9.17) is 4.74 Å². The largest absolute Gasteiger partial charge is 0.459 e. The second kappa shape index (κ2) is 6.67. The maximum absolute atomic E-state index is 12.3. The number of allylic oxidation sites excluding steroid dienone is 2. The number of piperidine rings is 1. The maximum atomic E-state index is 12.3. The van der Waals surface area contributed by atoms with Crippen molar-refractivity contribution in [3.63, 3.8) is 0 Å². The highest BCUT2D eigenvalue weighted by atomic mass is 16.5. The summed E-state index contributed by atoms with van der Waals surface area (Å²) in [6.07, 6.45) is 16.2. The monoisotopic (exact) mass is 329 g/mol. The molecular weight excluding hydrogens is 298 g/mol. The smallest absolute Gasteiger partial charge is 0.334 e. The van der Waals surface area contributed by atoms with Gasteiger partial charge in [-0.25, -0.2) is 4.79 Å². The molecule has 1 saturated carbocycles. The van der Waals surface area contributed by atoms with Gasteiger partial charge in [-0.3, -0.25) is 0 Å². The number of carbonyl (C=O) groups excluding carboxylic acids is 1. The van der Waals surface area contributed by atoms with Gasteiger partial charge in [0.1, 0.15) is 6.10 Å². The Morgan fingerprint density at radius 2 is 1.92 bits per heavy atom. The first kappa shape index (κ1) is 16.4. The van der Waals surface area contributed by atoms with Crippen molar-refractivity contribution < 1.29 is 9.53 Å². The standard InChI is InChI=1S/C21H31NO2/c1-13-6-5-8-16(22-13)10-11-18-17-9-4-3-7-15(17)12-19-20(18)14(2)24-21(19)23/h10-18,20,22H,3-9H2,1-2H3/b11-10+/t13-,14-,15+,16+,17-,18+,20+/m0/s1. The molecule has 7 atom stereocenters. The molecule has 4 rings (SSSR count). The summed E-state index contributed by atoms with van der Waals surface area (Å²) in [6.45, 7) is 4.36. The zero-order chi connectivity index (χ0) is 16.7. The first-order chi connectivity index (χ1) is 11.6. The van der Waals surface area contributed by atoms with Gasteiger partial charge in [0.25, 0.3) is 0 Å². The fourth-order valence-corrected chi connectivity index (χ4v) is 5.62. The number of hydrogen-bond donors (Lipinski definition) is 1. The van der Waals surface area contributed by atoms with E-state index in [1.54, 1.807) is 0 Å². The Morgan fingerprint density at radius 1 is 1.08 bits per heavy atom. The van der Waals surface area contributed by atoms with Crippen molar-refractivity contribution in [3.05, 3.63) is 23.8 Å². The summed E-state index contributed by atoms with van der Waals surface area (Å²) in [5, 5.41) is 3.71. The van der Waals surface area contributed by atoms with Gasteiger partial charge in [0.05, 0.1) is 0 Å². The number of hydrogen-bond acceptors (Lipinski definition) is 3. The van der Waals surface area contributed by atoms with Gasteiger partial charge in [0.2, 0.25) is 0 Å². The molecule has 0 radical (unpaired) electrons. The first-order valence-electron chi connectivity index (χ1n) is 10.0. The number of fused-ring (bicyclic) bond motifs is 2. The fourth-order valence-electron chi connectivity index (χ4n) is 5.62. The van der Waals surface area contributed by atoms with Crippen molar-refractivity contribution in [2.45, 2.75) is 77.0 Å². The van der Waals surface area contributed by atoms with Gasteiger partial charge in [-0.15, -0.1) is 0 Å². The van der Waals surface area contributed by atoms with Crippen molar-refractivity contribution in [3.8, 4) is 0 Å². The van der Waals surface area contributed by atoms with E-state index in [9.17, 15) is 4.79 Å². The van der Waals surface area contributed by atoms with Crippen LogP contribution in [0.5, 0.6) is 0 Å². The van der Waals surface area contributed by atoms with E-state index in [0.717, 1.165) is 5.57 Å². The number of rotatable bonds is 2. The zero-order valence-electron chi connectivity index (χ0n) is 15.0. The topological polar surface area (TPSA) is 38.3 Å². The van der Waals surface area contributed by atoms with Crippen molar-refractivity contribution in [2.24, 2.45) is 23.7 Å². The summed E-state index contributed by atoms with van der Waals surface area (Å²) < 4.78 is 5.60. The average Bonchev–Trinajstić information content (AvgIpc) is 2.86. The van der Waals surface area contributed by atoms with Crippen molar-refractivity contribution in [1.29, 1.82) is 0 Å². The summed E-state index contributed by atoms with van der Waals surface area (Å²) in [5.41, 5.74) is 0.977. The van der Waals surface area contributed by atoms with Crippen LogP contribution in [0.3, 0.4) is 0 Å². The van der Waals surface area contributed by atoms with E-state index < -0.39 is 0 Å². The Balaban J connectivity index is 1.59. The van der Waals surface area contributed by atoms with Crippen molar-refractivity contribution in [1.82, 2.24) is 5.32 Å². The Labute approximate surface area is 145 Å². The van der Waals surface area contributed by atoms with Crippen LogP contribution in [0.4, 0.5) is 0 Å². The molecule has 0 bridgehead atoms. The molecule has 0 unspecified atom stereocenters. The predicted octanol–water partition coefficient (Wildman–Crippen LogP) is 4.00. The van der Waals surface area contributed by atoms with Crippen LogP contribution in [-0.2, 0) is 9.53 Å². The predicted molar refractivity (Wildman–Crippen MR) is 95.4 cm³/mol. The van der Waals surface area contributed by atoms with Crippen LogP contribution < -0.4 is 5.32 Å². The molecular formula is C21H31NO2. The van der Waals surface area contributed by atoms with Crippen LogP contribution in [0.2, 0.25) is 0 Å². The molecule has 0 spiro atoms. The molecule has 2 saturated heterocycles. The molecule has 3 fully saturated rings. The third-order valence-corrected chi connectivity index (χ3v) is 6.79. The van der Waals surface area contributed by atoms with E-state index in [1.807, 2.05) is 0 Å². The lowest BCUT2D eigenvalue weighted by atomic mass is 9.61. The summed E-state index contributed by atoms with van der Waals surface area (Å²) in [4.78, 5) is 12.3. The Hall–Kier alpha value is -1.09. The summed E-state index contributed by atoms with van der Waals surface area (Å²) in [5.74, 6) is 1.96. The van der Waals surface area contributed by atoms with Crippen LogP contribution in [-0.4, -0.2) is 24.2 Å². The highest BCUT2D eigenvalue weighted by Gasteiger charge is 2.49. The van der Waals surface area contributed by atoms with Crippen LogP contribution in [0.1, 0.15) is 58.8 Å². The SMILES string of the molecule is C[C@@H]1OC(=O)C2=C[C@H]3CCCC[C@@H]3[C@@H](/C=C/[C@H]3CCC[C@H](C)N3)[C@H]21. The maximum Gasteiger partial charge on any atom is 0.334 e. The normalized spacial score (nSPS) is 45.5. The summed E-state index contributed by atoms with van der Waals surface area (Å²) in [6, 6.07) is 1.12. The minimum Gasteiger partial charge on any atom is -0.459 e. The summed E-state index contributed by atoms with van der Waals surface area (Å²) in [7, 11) is 0. The average molecular weight is 329 g/mol. The van der Waals surface area contributed by atoms with Crippen LogP contribution >= 0.6 is 0 Å². The Morgan fingerprint density at radius 3 is 2.75 bits per heavy atom. The second-order valence-corrected chi connectivity index (χ2v) is 8.44. The highest BCUT2D eigenvalue weighted by molar-refractivity contribution is 5.92. The second-order valence-electron chi connectivity index (χ2n) is 8.44. The minimum absolute atomic E-state index is 0.0273. The van der Waals surface area contributed by atoms with E-state index in [0.29, 0.717) is 29.8 Å². The molecule has 2 aliphatic heterocycles. The molecule has 0 aromatic heterocycles. The van der Waals surface area contributed by atoms with Gasteiger partial charge >= 0.3 is 5.97 Å². The quantitative estimate of drug-likeness (QED) is 0.615. The minimum atomic E-state index is -0.0562.